The first-order valence-corrected chi connectivity index (χ1v) is 3.92. The fourth-order valence-corrected chi connectivity index (χ4v) is 0.809. The maximum Gasteiger partial charge on any atom is 0.241 e. The van der Waals surface area contributed by atoms with Gasteiger partial charge in [0.15, 0.2) is 0 Å². The average Bonchev–Trinajstić information content (AvgIpc) is 2.08. The number of nitrogens with two attached hydrogens (primary N) is 1. The van der Waals surface area contributed by atoms with Crippen LogP contribution in [-0.4, -0.2) is 11.9 Å². The van der Waals surface area contributed by atoms with E-state index in [1.807, 2.05) is 0 Å². The normalized spacial score (nSPS) is 12.2. The van der Waals surface area contributed by atoms with Gasteiger partial charge in [-0.3, -0.25) is 4.79 Å². The van der Waals surface area contributed by atoms with Crippen LogP contribution in [0.25, 0.3) is 0 Å². The number of carbonyl (C=O) groups excluding carboxylic acids is 1. The van der Waals surface area contributed by atoms with E-state index in [0.29, 0.717) is 0 Å². The van der Waals surface area contributed by atoms with E-state index in [4.69, 9.17) is 5.73 Å². The summed E-state index contributed by atoms with van der Waals surface area (Å²) < 4.78 is 13.0. The lowest BCUT2D eigenvalue weighted by Crippen LogP contribution is -2.32. The van der Waals surface area contributed by atoms with Crippen LogP contribution in [0.4, 0.5) is 10.1 Å². The number of amides is 1. The molecular weight excluding hydrogens is 171 g/mol. The highest BCUT2D eigenvalue weighted by molar-refractivity contribution is 5.94. The molecule has 0 aliphatic heterocycles. The van der Waals surface area contributed by atoms with Gasteiger partial charge in [0.2, 0.25) is 5.91 Å². The molecule has 1 amide bonds. The fraction of sp³-hybridized carbons (Fsp3) is 0.222. The predicted octanol–water partition coefficient (Wildman–Crippen LogP) is 1.11. The van der Waals surface area contributed by atoms with Crippen molar-refractivity contribution in [3.05, 3.63) is 30.1 Å². The lowest BCUT2D eigenvalue weighted by molar-refractivity contribution is -0.117. The molecule has 0 aliphatic carbocycles. The van der Waals surface area contributed by atoms with E-state index in [1.165, 1.54) is 19.1 Å². The largest absolute Gasteiger partial charge is 0.322 e. The van der Waals surface area contributed by atoms with Gasteiger partial charge in [-0.25, -0.2) is 4.39 Å². The van der Waals surface area contributed by atoms with Crippen molar-refractivity contribution in [2.24, 2.45) is 5.73 Å². The summed E-state index contributed by atoms with van der Waals surface area (Å²) in [6.07, 6.45) is 0. The monoisotopic (exact) mass is 182 g/mol. The zero-order valence-corrected chi connectivity index (χ0v) is 7.25. The Hall–Kier alpha value is -1.42. The number of carbonyl (C=O) groups is 1. The van der Waals surface area contributed by atoms with Crippen LogP contribution >= 0.6 is 0 Å². The van der Waals surface area contributed by atoms with Gasteiger partial charge in [-0.05, 0) is 19.1 Å². The predicted molar refractivity (Wildman–Crippen MR) is 48.7 cm³/mol. The van der Waals surface area contributed by atoms with Crippen molar-refractivity contribution in [2.75, 3.05) is 5.32 Å². The Morgan fingerprint density at radius 3 is 2.69 bits per heavy atom. The first-order chi connectivity index (χ1) is 6.11. The van der Waals surface area contributed by atoms with Gasteiger partial charge in [-0.1, -0.05) is 12.1 Å². The third kappa shape index (κ3) is 2.52. The Balaban J connectivity index is 2.75. The van der Waals surface area contributed by atoms with E-state index < -0.39 is 17.8 Å². The number of benzene rings is 1. The zero-order valence-electron chi connectivity index (χ0n) is 7.25. The van der Waals surface area contributed by atoms with Gasteiger partial charge in [0.05, 0.1) is 11.7 Å². The molecule has 0 saturated carbocycles. The van der Waals surface area contributed by atoms with Crippen LogP contribution in [0, 0.1) is 5.82 Å². The average molecular weight is 182 g/mol. The second-order valence-electron chi connectivity index (χ2n) is 2.76. The highest BCUT2D eigenvalue weighted by Gasteiger charge is 2.09. The van der Waals surface area contributed by atoms with Crippen molar-refractivity contribution < 1.29 is 9.18 Å². The maximum atomic E-state index is 13.0. The lowest BCUT2D eigenvalue weighted by atomic mass is 10.3. The van der Waals surface area contributed by atoms with Crippen molar-refractivity contribution in [3.63, 3.8) is 0 Å². The Morgan fingerprint density at radius 2 is 2.15 bits per heavy atom. The van der Waals surface area contributed by atoms with Gasteiger partial charge < -0.3 is 11.1 Å². The molecule has 1 aromatic carbocycles. The van der Waals surface area contributed by atoms with E-state index >= 15 is 0 Å². The minimum absolute atomic E-state index is 0.157. The summed E-state index contributed by atoms with van der Waals surface area (Å²) in [6.45, 7) is 1.54. The third-order valence-electron chi connectivity index (χ3n) is 1.55. The molecule has 1 aromatic rings. The summed E-state index contributed by atoms with van der Waals surface area (Å²) >= 11 is 0. The molecule has 0 heterocycles. The highest BCUT2D eigenvalue weighted by atomic mass is 19.1. The second-order valence-corrected chi connectivity index (χ2v) is 2.76. The molecule has 3 nitrogen and oxygen atoms in total. The fourth-order valence-electron chi connectivity index (χ4n) is 0.809. The summed E-state index contributed by atoms with van der Waals surface area (Å²) in [7, 11) is 0. The Kier molecular flexibility index (Phi) is 2.97. The molecule has 0 aliphatic rings. The van der Waals surface area contributed by atoms with Crippen LogP contribution in [0.2, 0.25) is 0 Å². The van der Waals surface area contributed by atoms with Crippen LogP contribution in [0.15, 0.2) is 24.3 Å². The lowest BCUT2D eigenvalue weighted by Gasteiger charge is -2.07. The number of rotatable bonds is 2. The quantitative estimate of drug-likeness (QED) is 0.719. The van der Waals surface area contributed by atoms with Gasteiger partial charge in [0.1, 0.15) is 5.82 Å². The standard InChI is InChI=1S/C9H11FN2O/c1-6(11)9(13)12-8-5-3-2-4-7(8)10/h2-6H,11H2,1H3,(H,12,13). The van der Waals surface area contributed by atoms with Crippen LogP contribution < -0.4 is 11.1 Å². The number of hydrogen-bond acceptors (Lipinski definition) is 2. The van der Waals surface area contributed by atoms with Crippen molar-refractivity contribution in [1.82, 2.24) is 0 Å². The molecule has 0 saturated heterocycles. The molecule has 0 radical (unpaired) electrons. The topological polar surface area (TPSA) is 55.1 Å². The molecule has 1 rings (SSSR count). The van der Waals surface area contributed by atoms with E-state index in [-0.39, 0.29) is 5.69 Å². The zero-order chi connectivity index (χ0) is 9.84. The van der Waals surface area contributed by atoms with E-state index in [0.717, 1.165) is 0 Å². The highest BCUT2D eigenvalue weighted by Crippen LogP contribution is 2.12. The van der Waals surface area contributed by atoms with E-state index in [9.17, 15) is 9.18 Å². The Bertz CT molecular complexity index is 312. The number of hydrogen-bond donors (Lipinski definition) is 2. The first-order valence-electron chi connectivity index (χ1n) is 3.92. The van der Waals surface area contributed by atoms with E-state index in [2.05, 4.69) is 5.32 Å². The van der Waals surface area contributed by atoms with Crippen LogP contribution in [0.5, 0.6) is 0 Å². The van der Waals surface area contributed by atoms with Crippen molar-refractivity contribution in [3.8, 4) is 0 Å². The van der Waals surface area contributed by atoms with Gasteiger partial charge in [0, 0.05) is 0 Å². The molecule has 1 unspecified atom stereocenters. The van der Waals surface area contributed by atoms with Crippen LogP contribution in [-0.2, 0) is 4.79 Å². The molecule has 3 N–H and O–H groups in total. The third-order valence-corrected chi connectivity index (χ3v) is 1.55. The Labute approximate surface area is 75.7 Å². The van der Waals surface area contributed by atoms with Crippen molar-refractivity contribution >= 4 is 11.6 Å². The van der Waals surface area contributed by atoms with Crippen LogP contribution in [0.3, 0.4) is 0 Å². The molecular formula is C9H11FN2O. The molecule has 70 valence electrons. The number of halogens is 1. The molecule has 13 heavy (non-hydrogen) atoms. The molecule has 4 heteroatoms. The maximum absolute atomic E-state index is 13.0. The van der Waals surface area contributed by atoms with Crippen molar-refractivity contribution in [1.29, 1.82) is 0 Å². The molecule has 0 fully saturated rings. The molecule has 0 spiro atoms. The summed E-state index contributed by atoms with van der Waals surface area (Å²) in [5, 5.41) is 2.37. The minimum atomic E-state index is -0.639. The van der Waals surface area contributed by atoms with Gasteiger partial charge >= 0.3 is 0 Å². The SMILES string of the molecule is CC(N)C(=O)Nc1ccccc1F. The van der Waals surface area contributed by atoms with Gasteiger partial charge in [-0.15, -0.1) is 0 Å². The van der Waals surface area contributed by atoms with Crippen LogP contribution in [0.1, 0.15) is 6.92 Å². The molecule has 1 atom stereocenters. The van der Waals surface area contributed by atoms with Gasteiger partial charge in [-0.2, -0.15) is 0 Å². The minimum Gasteiger partial charge on any atom is -0.322 e. The van der Waals surface area contributed by atoms with Gasteiger partial charge in [0.25, 0.3) is 0 Å². The first kappa shape index (κ1) is 9.67. The summed E-state index contributed by atoms with van der Waals surface area (Å²) in [6, 6.07) is 5.31. The Morgan fingerprint density at radius 1 is 1.54 bits per heavy atom. The smallest absolute Gasteiger partial charge is 0.241 e. The summed E-state index contributed by atoms with van der Waals surface area (Å²) in [5.41, 5.74) is 5.46. The number of anilines is 1. The van der Waals surface area contributed by atoms with E-state index in [1.54, 1.807) is 12.1 Å². The number of nitrogens with one attached hydrogen (secondary N) is 1. The molecule has 0 aromatic heterocycles. The molecule has 0 bridgehead atoms. The second kappa shape index (κ2) is 4.00. The summed E-state index contributed by atoms with van der Waals surface area (Å²) in [4.78, 5) is 11.1. The summed E-state index contributed by atoms with van der Waals surface area (Å²) in [5.74, 6) is -0.860. The van der Waals surface area contributed by atoms with Crippen molar-refractivity contribution in [2.45, 2.75) is 13.0 Å². The number of para-hydroxylation sites is 1.